The molecule has 0 aliphatic carbocycles. The molecular formula is C4H11FNO3S+. The second-order valence-corrected chi connectivity index (χ2v) is 4.34. The molecule has 62 valence electrons. The van der Waals surface area contributed by atoms with Gasteiger partial charge in [-0.1, -0.05) is 0 Å². The highest BCUT2D eigenvalue weighted by molar-refractivity contribution is 7.86. The van der Waals surface area contributed by atoms with Crippen LogP contribution in [0.5, 0.6) is 0 Å². The van der Waals surface area contributed by atoms with Crippen LogP contribution in [0.3, 0.4) is 0 Å². The molecule has 0 aliphatic rings. The molecule has 0 spiro atoms. The quantitative estimate of drug-likeness (QED) is 0.357. The Balaban J connectivity index is 4.56. The molecule has 1 unspecified atom stereocenters. The van der Waals surface area contributed by atoms with Gasteiger partial charge in [-0.3, -0.25) is 9.04 Å². The lowest BCUT2D eigenvalue weighted by atomic mass is 10.7. The van der Waals surface area contributed by atoms with Crippen molar-refractivity contribution in [1.29, 1.82) is 0 Å². The number of hydrogen-bond donors (Lipinski definition) is 1. The summed E-state index contributed by atoms with van der Waals surface area (Å²) in [6.45, 7) is 0. The molecule has 0 bridgehead atoms. The van der Waals surface area contributed by atoms with E-state index < -0.39 is 20.2 Å². The third-order valence-corrected chi connectivity index (χ3v) is 1.98. The fourth-order valence-corrected chi connectivity index (χ4v) is 1.20. The predicted octanol–water partition coefficient (Wildman–Crippen LogP) is -0.166. The molecule has 0 aromatic heterocycles. The van der Waals surface area contributed by atoms with Gasteiger partial charge >= 0.3 is 15.7 Å². The standard InChI is InChI=1S/C4H10FNO3S/c1-6(2,3)4(5)10(7,8)9/h4H,1-3H3/p+1. The van der Waals surface area contributed by atoms with Crippen LogP contribution < -0.4 is 0 Å². The van der Waals surface area contributed by atoms with Crippen molar-refractivity contribution in [2.24, 2.45) is 0 Å². The van der Waals surface area contributed by atoms with Gasteiger partial charge < -0.3 is 0 Å². The summed E-state index contributed by atoms with van der Waals surface area (Å²) >= 11 is 0. The first kappa shape index (κ1) is 9.80. The van der Waals surface area contributed by atoms with Crippen LogP contribution in [0.25, 0.3) is 0 Å². The molecule has 6 heteroatoms. The molecule has 0 saturated heterocycles. The molecule has 0 saturated carbocycles. The van der Waals surface area contributed by atoms with Crippen molar-refractivity contribution in [1.82, 2.24) is 0 Å². The number of alkyl halides is 1. The molecule has 0 fully saturated rings. The van der Waals surface area contributed by atoms with Crippen molar-refractivity contribution in [3.8, 4) is 0 Å². The van der Waals surface area contributed by atoms with E-state index in [0.717, 1.165) is 0 Å². The van der Waals surface area contributed by atoms with E-state index in [2.05, 4.69) is 0 Å². The largest absolute Gasteiger partial charge is 0.356 e. The van der Waals surface area contributed by atoms with Gasteiger partial charge in [0.05, 0.1) is 21.1 Å². The Labute approximate surface area is 59.6 Å². The average molecular weight is 172 g/mol. The van der Waals surface area contributed by atoms with Crippen LogP contribution in [0.2, 0.25) is 0 Å². The van der Waals surface area contributed by atoms with Crippen molar-refractivity contribution in [2.45, 2.75) is 5.63 Å². The lowest BCUT2D eigenvalue weighted by Crippen LogP contribution is -2.46. The van der Waals surface area contributed by atoms with Crippen LogP contribution in [0.15, 0.2) is 0 Å². The summed E-state index contributed by atoms with van der Waals surface area (Å²) in [5, 5.41) is 0. The SMILES string of the molecule is C[N+](C)(C)C(F)S(=O)(=O)O. The van der Waals surface area contributed by atoms with Gasteiger partial charge in [0.25, 0.3) is 0 Å². The Morgan fingerprint density at radius 3 is 1.70 bits per heavy atom. The minimum atomic E-state index is -4.55. The first-order chi connectivity index (χ1) is 4.15. The lowest BCUT2D eigenvalue weighted by molar-refractivity contribution is -0.896. The molecule has 0 radical (unpaired) electrons. The van der Waals surface area contributed by atoms with Crippen LogP contribution in [-0.4, -0.2) is 44.2 Å². The van der Waals surface area contributed by atoms with E-state index in [9.17, 15) is 12.8 Å². The number of hydrogen-bond acceptors (Lipinski definition) is 2. The summed E-state index contributed by atoms with van der Waals surface area (Å²) in [4.78, 5) is 0. The molecule has 0 rings (SSSR count). The van der Waals surface area contributed by atoms with E-state index in [1.165, 1.54) is 21.1 Å². The van der Waals surface area contributed by atoms with Gasteiger partial charge in [-0.05, 0) is 0 Å². The fourth-order valence-electron chi connectivity index (χ4n) is 0.400. The maximum Gasteiger partial charge on any atom is 0.356 e. The van der Waals surface area contributed by atoms with Crippen LogP contribution in [0.4, 0.5) is 4.39 Å². The first-order valence-electron chi connectivity index (χ1n) is 2.57. The normalized spacial score (nSPS) is 16.9. The summed E-state index contributed by atoms with van der Waals surface area (Å²) in [5.41, 5.74) is -2.27. The molecule has 0 aliphatic heterocycles. The lowest BCUT2D eigenvalue weighted by Gasteiger charge is -2.25. The zero-order valence-electron chi connectivity index (χ0n) is 6.07. The van der Waals surface area contributed by atoms with Gasteiger partial charge in [0.2, 0.25) is 0 Å². The van der Waals surface area contributed by atoms with E-state index in [4.69, 9.17) is 4.55 Å². The number of quaternary nitrogens is 1. The monoisotopic (exact) mass is 172 g/mol. The minimum Gasteiger partial charge on any atom is -0.287 e. The molecule has 10 heavy (non-hydrogen) atoms. The summed E-state index contributed by atoms with van der Waals surface area (Å²) in [6.07, 6.45) is 0. The Morgan fingerprint density at radius 1 is 1.40 bits per heavy atom. The topological polar surface area (TPSA) is 54.4 Å². The molecule has 4 nitrogen and oxygen atoms in total. The van der Waals surface area contributed by atoms with Gasteiger partial charge in [-0.15, -0.1) is 0 Å². The van der Waals surface area contributed by atoms with Crippen LogP contribution in [0.1, 0.15) is 0 Å². The molecule has 0 amide bonds. The van der Waals surface area contributed by atoms with Gasteiger partial charge in [-0.2, -0.15) is 12.8 Å². The fraction of sp³-hybridized carbons (Fsp3) is 1.00. The van der Waals surface area contributed by atoms with E-state index in [0.29, 0.717) is 0 Å². The smallest absolute Gasteiger partial charge is 0.287 e. The van der Waals surface area contributed by atoms with Crippen LogP contribution >= 0.6 is 0 Å². The minimum absolute atomic E-state index is 0.459. The van der Waals surface area contributed by atoms with Gasteiger partial charge in [-0.25, -0.2) is 0 Å². The van der Waals surface area contributed by atoms with Crippen LogP contribution in [-0.2, 0) is 10.1 Å². The first-order valence-corrected chi connectivity index (χ1v) is 4.07. The predicted molar refractivity (Wildman–Crippen MR) is 34.5 cm³/mol. The molecule has 0 aromatic carbocycles. The summed E-state index contributed by atoms with van der Waals surface area (Å²) in [6, 6.07) is 0. The molecule has 0 heterocycles. The Morgan fingerprint density at radius 2 is 1.70 bits per heavy atom. The Hall–Kier alpha value is -0.200. The Bertz CT molecular complexity index is 205. The summed E-state index contributed by atoms with van der Waals surface area (Å²) in [7, 11) is -0.560. The average Bonchev–Trinajstić information content (AvgIpc) is 1.59. The highest BCUT2D eigenvalue weighted by Gasteiger charge is 2.35. The number of halogens is 1. The third-order valence-electron chi connectivity index (χ3n) is 0.855. The molecule has 0 aromatic rings. The van der Waals surface area contributed by atoms with E-state index >= 15 is 0 Å². The number of rotatable bonds is 2. The molecule has 1 atom stereocenters. The zero-order valence-corrected chi connectivity index (χ0v) is 6.89. The summed E-state index contributed by atoms with van der Waals surface area (Å²) < 4.78 is 40.6. The van der Waals surface area contributed by atoms with Gasteiger partial charge in [0, 0.05) is 0 Å². The van der Waals surface area contributed by atoms with Crippen molar-refractivity contribution in [3.63, 3.8) is 0 Å². The van der Waals surface area contributed by atoms with E-state index in [1.807, 2.05) is 0 Å². The highest BCUT2D eigenvalue weighted by Crippen LogP contribution is 2.09. The molecular weight excluding hydrogens is 161 g/mol. The van der Waals surface area contributed by atoms with E-state index in [1.54, 1.807) is 0 Å². The molecule has 1 N–H and O–H groups in total. The highest BCUT2D eigenvalue weighted by atomic mass is 32.2. The van der Waals surface area contributed by atoms with Crippen molar-refractivity contribution >= 4 is 10.1 Å². The van der Waals surface area contributed by atoms with Crippen molar-refractivity contribution < 1.29 is 21.8 Å². The summed E-state index contributed by atoms with van der Waals surface area (Å²) in [5.74, 6) is 0. The second-order valence-electron chi connectivity index (χ2n) is 2.92. The Kier molecular flexibility index (Phi) is 2.40. The third kappa shape index (κ3) is 2.59. The maximum absolute atomic E-state index is 12.6. The van der Waals surface area contributed by atoms with Crippen molar-refractivity contribution in [2.75, 3.05) is 21.1 Å². The zero-order chi connectivity index (χ0) is 8.58. The maximum atomic E-state index is 12.6. The number of nitrogens with zero attached hydrogens (tertiary/aromatic N) is 1. The van der Waals surface area contributed by atoms with E-state index in [-0.39, 0.29) is 0 Å². The van der Waals surface area contributed by atoms with Gasteiger partial charge in [0.15, 0.2) is 0 Å². The van der Waals surface area contributed by atoms with Crippen LogP contribution in [0, 0.1) is 0 Å². The van der Waals surface area contributed by atoms with Crippen molar-refractivity contribution in [3.05, 3.63) is 0 Å². The van der Waals surface area contributed by atoms with Gasteiger partial charge in [0.1, 0.15) is 0 Å². The second kappa shape index (κ2) is 2.44.